The minimum atomic E-state index is -0.513. The molecule has 27 heavy (non-hydrogen) atoms. The van der Waals surface area contributed by atoms with Gasteiger partial charge in [-0.3, -0.25) is 25.2 Å². The van der Waals surface area contributed by atoms with Crippen LogP contribution in [0.15, 0.2) is 10.5 Å². The van der Waals surface area contributed by atoms with Crippen LogP contribution in [-0.4, -0.2) is 23.3 Å². The van der Waals surface area contributed by atoms with E-state index in [1.54, 1.807) is 26.8 Å². The second-order valence-corrected chi connectivity index (χ2v) is 8.94. The lowest BCUT2D eigenvalue weighted by Crippen LogP contribution is -2.66. The van der Waals surface area contributed by atoms with Crippen LogP contribution in [0.1, 0.15) is 67.3 Å². The molecule has 1 aromatic rings. The Balaban J connectivity index is 1.47. The lowest BCUT2D eigenvalue weighted by Gasteiger charge is -2.61. The van der Waals surface area contributed by atoms with Crippen molar-refractivity contribution in [1.82, 2.24) is 16.2 Å². The van der Waals surface area contributed by atoms with Crippen molar-refractivity contribution < 1.29 is 18.8 Å². The minimum Gasteiger partial charge on any atom is -0.466 e. The average molecular weight is 373 g/mol. The number of rotatable bonds is 3. The molecule has 0 saturated heterocycles. The lowest BCUT2D eigenvalue weighted by molar-refractivity contribution is -0.153. The summed E-state index contributed by atoms with van der Waals surface area (Å²) in [6.07, 6.45) is 5.36. The van der Waals surface area contributed by atoms with E-state index >= 15 is 0 Å². The SMILES string of the molecule is CC(=O)NC12CC3CC(C1)CC(C(=O)NNC(=O)c1cc(C)oc1C)(C3)C2. The molecule has 1 aromatic heterocycles. The number of hydrazine groups is 1. The molecule has 2 unspecified atom stereocenters. The third kappa shape index (κ3) is 3.13. The number of carbonyl (C=O) groups is 3. The molecule has 0 spiro atoms. The van der Waals surface area contributed by atoms with Crippen molar-refractivity contribution in [3.63, 3.8) is 0 Å². The number of furan rings is 1. The highest BCUT2D eigenvalue weighted by molar-refractivity contribution is 5.97. The molecule has 0 radical (unpaired) electrons. The third-order valence-electron chi connectivity index (χ3n) is 6.56. The Morgan fingerprint density at radius 3 is 2.30 bits per heavy atom. The maximum atomic E-state index is 13.1. The van der Waals surface area contributed by atoms with E-state index in [4.69, 9.17) is 4.42 Å². The minimum absolute atomic E-state index is 0.0355. The molecule has 5 rings (SSSR count). The van der Waals surface area contributed by atoms with Crippen molar-refractivity contribution in [2.45, 2.75) is 64.8 Å². The molecule has 4 aliphatic carbocycles. The highest BCUT2D eigenvalue weighted by atomic mass is 16.3. The molecule has 4 saturated carbocycles. The normalized spacial score (nSPS) is 33.6. The molecule has 4 bridgehead atoms. The zero-order chi connectivity index (χ0) is 19.4. The van der Waals surface area contributed by atoms with Gasteiger partial charge < -0.3 is 9.73 Å². The molecule has 0 aliphatic heterocycles. The molecular weight excluding hydrogens is 346 g/mol. The molecule has 7 nitrogen and oxygen atoms in total. The fourth-order valence-electron chi connectivity index (χ4n) is 6.22. The van der Waals surface area contributed by atoms with Gasteiger partial charge >= 0.3 is 0 Å². The van der Waals surface area contributed by atoms with E-state index in [9.17, 15) is 14.4 Å². The monoisotopic (exact) mass is 373 g/mol. The van der Waals surface area contributed by atoms with Gasteiger partial charge in [0.15, 0.2) is 0 Å². The van der Waals surface area contributed by atoms with Crippen molar-refractivity contribution >= 4 is 17.7 Å². The number of carbonyl (C=O) groups excluding carboxylic acids is 3. The number of aryl methyl sites for hydroxylation is 2. The maximum Gasteiger partial charge on any atom is 0.273 e. The molecule has 3 N–H and O–H groups in total. The van der Waals surface area contributed by atoms with Gasteiger partial charge in [-0.25, -0.2) is 0 Å². The predicted octanol–water partition coefficient (Wildman–Crippen LogP) is 2.13. The van der Waals surface area contributed by atoms with Crippen molar-refractivity contribution in [2.75, 3.05) is 0 Å². The first-order valence-corrected chi connectivity index (χ1v) is 9.67. The van der Waals surface area contributed by atoms with Gasteiger partial charge in [0.05, 0.1) is 11.0 Å². The number of hydrogen-bond acceptors (Lipinski definition) is 4. The molecule has 7 heteroatoms. The molecule has 2 atom stereocenters. The first-order chi connectivity index (χ1) is 12.7. The number of amides is 3. The van der Waals surface area contributed by atoms with E-state index in [2.05, 4.69) is 16.2 Å². The zero-order valence-corrected chi connectivity index (χ0v) is 16.1. The van der Waals surface area contributed by atoms with Crippen LogP contribution in [0.5, 0.6) is 0 Å². The summed E-state index contributed by atoms with van der Waals surface area (Å²) in [6.45, 7) is 5.04. The third-order valence-corrected chi connectivity index (χ3v) is 6.56. The van der Waals surface area contributed by atoms with Crippen LogP contribution >= 0.6 is 0 Å². The van der Waals surface area contributed by atoms with Crippen LogP contribution in [0.4, 0.5) is 0 Å². The van der Waals surface area contributed by atoms with E-state index in [-0.39, 0.29) is 23.3 Å². The molecular formula is C20H27N3O4. The van der Waals surface area contributed by atoms with E-state index in [1.807, 2.05) is 0 Å². The summed E-state index contributed by atoms with van der Waals surface area (Å²) in [7, 11) is 0. The smallest absolute Gasteiger partial charge is 0.273 e. The first-order valence-electron chi connectivity index (χ1n) is 9.67. The summed E-state index contributed by atoms with van der Waals surface area (Å²) in [5, 5.41) is 3.15. The van der Waals surface area contributed by atoms with Crippen molar-refractivity contribution in [3.05, 3.63) is 23.2 Å². The van der Waals surface area contributed by atoms with Crippen LogP contribution in [0.25, 0.3) is 0 Å². The number of nitrogens with one attached hydrogen (secondary N) is 3. The summed E-state index contributed by atoms with van der Waals surface area (Å²) < 4.78 is 5.38. The Bertz CT molecular complexity index is 798. The highest BCUT2D eigenvalue weighted by Gasteiger charge is 2.61. The van der Waals surface area contributed by atoms with Gasteiger partial charge in [0.25, 0.3) is 5.91 Å². The van der Waals surface area contributed by atoms with E-state index in [0.717, 1.165) is 32.1 Å². The Kier molecular flexibility index (Phi) is 4.09. The Morgan fingerprint density at radius 2 is 1.74 bits per heavy atom. The Labute approximate surface area is 158 Å². The van der Waals surface area contributed by atoms with E-state index < -0.39 is 5.41 Å². The second kappa shape index (κ2) is 6.11. The topological polar surface area (TPSA) is 100 Å². The summed E-state index contributed by atoms with van der Waals surface area (Å²) in [4.78, 5) is 37.2. The Hall–Kier alpha value is -2.31. The summed E-state index contributed by atoms with van der Waals surface area (Å²) in [5.74, 6) is 1.54. The molecule has 4 fully saturated rings. The van der Waals surface area contributed by atoms with Crippen molar-refractivity contribution in [1.29, 1.82) is 0 Å². The first kappa shape index (κ1) is 18.1. The summed E-state index contributed by atoms with van der Waals surface area (Å²) in [5.41, 5.74) is 4.84. The average Bonchev–Trinajstić information content (AvgIpc) is 2.88. The molecule has 1 heterocycles. The van der Waals surface area contributed by atoms with E-state index in [0.29, 0.717) is 35.3 Å². The molecule has 4 aliphatic rings. The van der Waals surface area contributed by atoms with Gasteiger partial charge in [-0.05, 0) is 70.3 Å². The van der Waals surface area contributed by atoms with Crippen LogP contribution < -0.4 is 16.2 Å². The van der Waals surface area contributed by atoms with Crippen LogP contribution in [0.2, 0.25) is 0 Å². The zero-order valence-electron chi connectivity index (χ0n) is 16.1. The van der Waals surface area contributed by atoms with Crippen LogP contribution in [0, 0.1) is 31.1 Å². The molecule has 0 aromatic carbocycles. The van der Waals surface area contributed by atoms with Gasteiger partial charge in [0, 0.05) is 12.5 Å². The molecule has 146 valence electrons. The fraction of sp³-hybridized carbons (Fsp3) is 0.650. The fourth-order valence-corrected chi connectivity index (χ4v) is 6.22. The van der Waals surface area contributed by atoms with Crippen molar-refractivity contribution in [3.8, 4) is 0 Å². The second-order valence-electron chi connectivity index (χ2n) is 8.94. The molecule has 3 amide bonds. The van der Waals surface area contributed by atoms with Crippen LogP contribution in [0.3, 0.4) is 0 Å². The van der Waals surface area contributed by atoms with Gasteiger partial charge in [0.1, 0.15) is 11.5 Å². The quantitative estimate of drug-likeness (QED) is 0.707. The highest BCUT2D eigenvalue weighted by Crippen LogP contribution is 2.61. The largest absolute Gasteiger partial charge is 0.466 e. The maximum absolute atomic E-state index is 13.1. The van der Waals surface area contributed by atoms with E-state index in [1.165, 1.54) is 0 Å². The van der Waals surface area contributed by atoms with Crippen molar-refractivity contribution in [2.24, 2.45) is 17.3 Å². The van der Waals surface area contributed by atoms with Gasteiger partial charge in [-0.1, -0.05) is 0 Å². The summed E-state index contributed by atoms with van der Waals surface area (Å²) in [6, 6.07) is 1.66. The Morgan fingerprint density at radius 1 is 1.07 bits per heavy atom. The summed E-state index contributed by atoms with van der Waals surface area (Å²) >= 11 is 0. The number of hydrogen-bond donors (Lipinski definition) is 3. The standard InChI is InChI=1S/C20H27N3O4/c1-11-4-16(12(2)27-11)17(25)22-23-18(26)19-6-14-5-15(7-19)9-20(8-14,10-19)21-13(3)24/h4,14-15H,5-10H2,1-3H3,(H,21,24)(H,22,25)(H,23,26). The lowest BCUT2D eigenvalue weighted by atomic mass is 9.46. The van der Waals surface area contributed by atoms with Crippen LogP contribution in [-0.2, 0) is 9.59 Å². The van der Waals surface area contributed by atoms with Gasteiger partial charge in [0.2, 0.25) is 11.8 Å². The van der Waals surface area contributed by atoms with Gasteiger partial charge in [-0.2, -0.15) is 0 Å². The van der Waals surface area contributed by atoms with Gasteiger partial charge in [-0.15, -0.1) is 0 Å². The predicted molar refractivity (Wildman–Crippen MR) is 97.5 cm³/mol.